The molecule has 0 bridgehead atoms. The van der Waals surface area contributed by atoms with Gasteiger partial charge in [0.1, 0.15) is 0 Å². The predicted molar refractivity (Wildman–Crippen MR) is 49.7 cm³/mol. The molecule has 76 valence electrons. The van der Waals surface area contributed by atoms with Gasteiger partial charge in [0.15, 0.2) is 0 Å². The van der Waals surface area contributed by atoms with Gasteiger partial charge >= 0.3 is 0 Å². The fourth-order valence-corrected chi connectivity index (χ4v) is 0.797. The number of amides is 2. The van der Waals surface area contributed by atoms with Crippen molar-refractivity contribution in [2.24, 2.45) is 11.5 Å². The van der Waals surface area contributed by atoms with Crippen molar-refractivity contribution in [2.75, 3.05) is 6.54 Å². The standard InChI is InChI=1S/C8H17N3O2/c1-6(9)8(13)11-5-3-2-4-7(10)12/h6H,2-5,9H2,1H3,(H2,10,12)(H,11,13)/t6-/m1/s1. The van der Waals surface area contributed by atoms with E-state index in [9.17, 15) is 9.59 Å². The number of hydrogen-bond acceptors (Lipinski definition) is 3. The second-order valence-electron chi connectivity index (χ2n) is 3.00. The summed E-state index contributed by atoms with van der Waals surface area (Å²) in [5, 5.41) is 2.64. The van der Waals surface area contributed by atoms with Crippen LogP contribution in [0.4, 0.5) is 0 Å². The van der Waals surface area contributed by atoms with E-state index in [1.165, 1.54) is 0 Å². The molecule has 0 radical (unpaired) electrons. The molecule has 5 heteroatoms. The summed E-state index contributed by atoms with van der Waals surface area (Å²) in [6.45, 7) is 2.17. The van der Waals surface area contributed by atoms with Crippen molar-refractivity contribution >= 4 is 11.8 Å². The normalized spacial score (nSPS) is 12.2. The molecule has 0 rings (SSSR count). The lowest BCUT2D eigenvalue weighted by atomic mass is 10.2. The molecule has 13 heavy (non-hydrogen) atoms. The SMILES string of the molecule is C[C@@H](N)C(=O)NCCCCC(N)=O. The largest absolute Gasteiger partial charge is 0.370 e. The van der Waals surface area contributed by atoms with Gasteiger partial charge in [-0.1, -0.05) is 0 Å². The fraction of sp³-hybridized carbons (Fsp3) is 0.750. The lowest BCUT2D eigenvalue weighted by Gasteiger charge is -2.06. The molecule has 0 aromatic carbocycles. The zero-order chi connectivity index (χ0) is 10.3. The maximum Gasteiger partial charge on any atom is 0.236 e. The lowest BCUT2D eigenvalue weighted by Crippen LogP contribution is -2.38. The van der Waals surface area contributed by atoms with Gasteiger partial charge in [0.2, 0.25) is 11.8 Å². The zero-order valence-corrected chi connectivity index (χ0v) is 7.88. The van der Waals surface area contributed by atoms with Gasteiger partial charge in [0.25, 0.3) is 0 Å². The highest BCUT2D eigenvalue weighted by Gasteiger charge is 2.04. The van der Waals surface area contributed by atoms with Gasteiger partial charge in [-0.25, -0.2) is 0 Å². The molecule has 0 saturated heterocycles. The van der Waals surface area contributed by atoms with Crippen LogP contribution in [0, 0.1) is 0 Å². The highest BCUT2D eigenvalue weighted by molar-refractivity contribution is 5.80. The van der Waals surface area contributed by atoms with E-state index in [2.05, 4.69) is 5.32 Å². The number of nitrogens with two attached hydrogens (primary N) is 2. The van der Waals surface area contributed by atoms with Gasteiger partial charge in [-0.2, -0.15) is 0 Å². The molecule has 1 atom stereocenters. The van der Waals surface area contributed by atoms with E-state index in [-0.39, 0.29) is 11.8 Å². The van der Waals surface area contributed by atoms with E-state index in [1.54, 1.807) is 6.92 Å². The van der Waals surface area contributed by atoms with Gasteiger partial charge in [0.05, 0.1) is 6.04 Å². The first kappa shape index (κ1) is 11.9. The molecule has 0 aliphatic rings. The number of carbonyl (C=O) groups excluding carboxylic acids is 2. The molecule has 0 aromatic heterocycles. The van der Waals surface area contributed by atoms with Gasteiger partial charge in [-0.05, 0) is 19.8 Å². The van der Waals surface area contributed by atoms with Crippen molar-refractivity contribution in [1.82, 2.24) is 5.32 Å². The summed E-state index contributed by atoms with van der Waals surface area (Å²) in [7, 11) is 0. The van der Waals surface area contributed by atoms with Gasteiger partial charge in [-0.15, -0.1) is 0 Å². The van der Waals surface area contributed by atoms with Gasteiger partial charge < -0.3 is 16.8 Å². The Labute approximate surface area is 77.8 Å². The van der Waals surface area contributed by atoms with Crippen molar-refractivity contribution in [1.29, 1.82) is 0 Å². The molecule has 0 heterocycles. The summed E-state index contributed by atoms with van der Waals surface area (Å²) in [5.74, 6) is -0.474. The van der Waals surface area contributed by atoms with Crippen LogP contribution in [0.25, 0.3) is 0 Å². The minimum absolute atomic E-state index is 0.168. The fourth-order valence-electron chi connectivity index (χ4n) is 0.797. The van der Waals surface area contributed by atoms with Crippen LogP contribution in [0.15, 0.2) is 0 Å². The molecular weight excluding hydrogens is 170 g/mol. The third kappa shape index (κ3) is 7.27. The first-order valence-electron chi connectivity index (χ1n) is 4.35. The second kappa shape index (κ2) is 6.42. The smallest absolute Gasteiger partial charge is 0.236 e. The second-order valence-corrected chi connectivity index (χ2v) is 3.00. The summed E-state index contributed by atoms with van der Waals surface area (Å²) >= 11 is 0. The van der Waals surface area contributed by atoms with Crippen LogP contribution in [0.3, 0.4) is 0 Å². The summed E-state index contributed by atoms with van der Waals surface area (Å²) < 4.78 is 0. The molecule has 2 amide bonds. The van der Waals surface area contributed by atoms with Crippen LogP contribution < -0.4 is 16.8 Å². The van der Waals surface area contributed by atoms with Crippen LogP contribution in [-0.2, 0) is 9.59 Å². The molecule has 0 aliphatic heterocycles. The number of hydrogen-bond donors (Lipinski definition) is 3. The van der Waals surface area contributed by atoms with Crippen LogP contribution in [0.5, 0.6) is 0 Å². The average molecular weight is 187 g/mol. The van der Waals surface area contributed by atoms with Crippen molar-refractivity contribution in [3.05, 3.63) is 0 Å². The van der Waals surface area contributed by atoms with Crippen molar-refractivity contribution < 1.29 is 9.59 Å². The zero-order valence-electron chi connectivity index (χ0n) is 7.88. The quantitative estimate of drug-likeness (QED) is 0.470. The average Bonchev–Trinajstić information content (AvgIpc) is 2.02. The summed E-state index contributed by atoms with van der Waals surface area (Å²) in [6.07, 6.45) is 1.82. The first-order chi connectivity index (χ1) is 6.04. The van der Waals surface area contributed by atoms with Crippen LogP contribution >= 0.6 is 0 Å². The minimum Gasteiger partial charge on any atom is -0.370 e. The molecule has 0 unspecified atom stereocenters. The molecule has 5 N–H and O–H groups in total. The third-order valence-corrected chi connectivity index (χ3v) is 1.56. The van der Waals surface area contributed by atoms with E-state index >= 15 is 0 Å². The Balaban J connectivity index is 3.26. The Morgan fingerprint density at radius 2 is 2.00 bits per heavy atom. The number of primary amides is 1. The number of nitrogens with one attached hydrogen (secondary N) is 1. The number of rotatable bonds is 6. The van der Waals surface area contributed by atoms with Crippen molar-refractivity contribution in [2.45, 2.75) is 32.2 Å². The van der Waals surface area contributed by atoms with E-state index < -0.39 is 6.04 Å². The summed E-state index contributed by atoms with van der Waals surface area (Å²) in [4.78, 5) is 21.2. The number of carbonyl (C=O) groups is 2. The Morgan fingerprint density at radius 3 is 2.46 bits per heavy atom. The predicted octanol–water partition coefficient (Wildman–Crippen LogP) is -0.895. The topological polar surface area (TPSA) is 98.2 Å². The van der Waals surface area contributed by atoms with Crippen molar-refractivity contribution in [3.8, 4) is 0 Å². The molecule has 5 nitrogen and oxygen atoms in total. The van der Waals surface area contributed by atoms with E-state index in [1.807, 2.05) is 0 Å². The van der Waals surface area contributed by atoms with Crippen LogP contribution in [0.1, 0.15) is 26.2 Å². The highest BCUT2D eigenvalue weighted by atomic mass is 16.2. The van der Waals surface area contributed by atoms with E-state index in [0.717, 1.165) is 6.42 Å². The highest BCUT2D eigenvalue weighted by Crippen LogP contribution is 1.92. The lowest BCUT2D eigenvalue weighted by molar-refractivity contribution is -0.122. The van der Waals surface area contributed by atoms with Crippen LogP contribution in [0.2, 0.25) is 0 Å². The Kier molecular flexibility index (Phi) is 5.88. The third-order valence-electron chi connectivity index (χ3n) is 1.56. The summed E-state index contributed by atoms with van der Waals surface area (Å²) in [5.41, 5.74) is 10.2. The Hall–Kier alpha value is -1.10. The molecule has 0 spiro atoms. The van der Waals surface area contributed by atoms with E-state index in [0.29, 0.717) is 19.4 Å². The Morgan fingerprint density at radius 1 is 1.38 bits per heavy atom. The van der Waals surface area contributed by atoms with Gasteiger partial charge in [0, 0.05) is 13.0 Å². The van der Waals surface area contributed by atoms with E-state index in [4.69, 9.17) is 11.5 Å². The minimum atomic E-state index is -0.476. The maximum atomic E-state index is 10.9. The maximum absolute atomic E-state index is 10.9. The van der Waals surface area contributed by atoms with Crippen molar-refractivity contribution in [3.63, 3.8) is 0 Å². The Bertz CT molecular complexity index is 180. The number of unbranched alkanes of at least 4 members (excludes halogenated alkanes) is 1. The first-order valence-corrected chi connectivity index (χ1v) is 4.35. The summed E-state index contributed by atoms with van der Waals surface area (Å²) in [6, 6.07) is -0.476. The molecular formula is C8H17N3O2. The van der Waals surface area contributed by atoms with Crippen LogP contribution in [-0.4, -0.2) is 24.4 Å². The molecule has 0 aromatic rings. The molecule has 0 saturated carbocycles. The molecule has 0 fully saturated rings. The van der Waals surface area contributed by atoms with Gasteiger partial charge in [-0.3, -0.25) is 9.59 Å². The molecule has 0 aliphatic carbocycles. The monoisotopic (exact) mass is 187 g/mol.